The number of Topliss-reactive ketones (excluding diaryl/α,β-unsaturated/α-hetero) is 1. The number of benzene rings is 1. The second-order valence-electron chi connectivity index (χ2n) is 6.61. The van der Waals surface area contributed by atoms with E-state index in [1.54, 1.807) is 0 Å². The molecule has 2 fully saturated rings. The Hall–Kier alpha value is -2.57. The van der Waals surface area contributed by atoms with E-state index in [0.29, 0.717) is 11.3 Å². The number of imide groups is 2. The fourth-order valence-electron chi connectivity index (χ4n) is 3.53. The molecule has 6 nitrogen and oxygen atoms in total. The predicted molar refractivity (Wildman–Crippen MR) is 86.1 cm³/mol. The molecule has 7 heteroatoms. The topological polar surface area (TPSA) is 74.8 Å². The Labute approximate surface area is 144 Å². The van der Waals surface area contributed by atoms with Crippen molar-refractivity contribution >= 4 is 23.6 Å². The van der Waals surface area contributed by atoms with Gasteiger partial charge in [0.1, 0.15) is 5.82 Å². The van der Waals surface area contributed by atoms with Crippen molar-refractivity contribution in [3.63, 3.8) is 0 Å². The Kier molecular flexibility index (Phi) is 4.65. The molecule has 2 atom stereocenters. The molecule has 1 saturated carbocycles. The minimum Gasteiger partial charge on any atom is -0.292 e. The second kappa shape index (κ2) is 6.74. The number of halogens is 1. The highest BCUT2D eigenvalue weighted by molar-refractivity contribution is 6.45. The van der Waals surface area contributed by atoms with Crippen LogP contribution in [0.2, 0.25) is 0 Å². The number of hydrogen-bond acceptors (Lipinski definition) is 4. The molecule has 0 spiro atoms. The predicted octanol–water partition coefficient (Wildman–Crippen LogP) is 2.38. The Balaban J connectivity index is 1.78. The van der Waals surface area contributed by atoms with Crippen molar-refractivity contribution in [2.45, 2.75) is 38.6 Å². The molecule has 1 aromatic rings. The van der Waals surface area contributed by atoms with Gasteiger partial charge in [-0.1, -0.05) is 31.9 Å². The van der Waals surface area contributed by atoms with Gasteiger partial charge in [0.2, 0.25) is 0 Å². The first-order valence-corrected chi connectivity index (χ1v) is 8.38. The van der Waals surface area contributed by atoms with Crippen molar-refractivity contribution in [2.24, 2.45) is 5.92 Å². The van der Waals surface area contributed by atoms with E-state index in [1.165, 1.54) is 18.2 Å². The van der Waals surface area contributed by atoms with Gasteiger partial charge in [0.15, 0.2) is 5.78 Å². The average molecular weight is 346 g/mol. The smallest absolute Gasteiger partial charge is 0.292 e. The number of carbonyl (C=O) groups excluding carboxylic acids is 4. The van der Waals surface area contributed by atoms with Crippen LogP contribution in [0.3, 0.4) is 0 Å². The molecule has 0 bridgehead atoms. The maximum Gasteiger partial charge on any atom is 0.334 e. The third-order valence-electron chi connectivity index (χ3n) is 4.93. The maximum atomic E-state index is 13.2. The highest BCUT2D eigenvalue weighted by Crippen LogP contribution is 2.31. The molecule has 0 aromatic heterocycles. The molecule has 0 unspecified atom stereocenters. The minimum absolute atomic E-state index is 0.0533. The van der Waals surface area contributed by atoms with Crippen LogP contribution in [0, 0.1) is 11.7 Å². The van der Waals surface area contributed by atoms with Crippen LogP contribution < -0.4 is 0 Å². The molecule has 0 N–H and O–H groups in total. The van der Waals surface area contributed by atoms with E-state index < -0.39 is 36.0 Å². The number of carbonyl (C=O) groups is 4. The molecular weight excluding hydrogens is 327 g/mol. The number of nitrogens with zero attached hydrogens (tertiary/aromatic N) is 2. The maximum absolute atomic E-state index is 13.2. The van der Waals surface area contributed by atoms with Crippen LogP contribution in [0.5, 0.6) is 0 Å². The lowest BCUT2D eigenvalue weighted by Crippen LogP contribution is -2.46. The minimum atomic E-state index is -0.993. The molecule has 1 aliphatic carbocycles. The molecule has 0 radical (unpaired) electrons. The van der Waals surface area contributed by atoms with E-state index in [9.17, 15) is 23.6 Å². The first-order chi connectivity index (χ1) is 11.9. The summed E-state index contributed by atoms with van der Waals surface area (Å²) in [6.45, 7) is 1.39. The van der Waals surface area contributed by atoms with E-state index in [-0.39, 0.29) is 17.5 Å². The van der Waals surface area contributed by atoms with Crippen molar-refractivity contribution < 1.29 is 23.6 Å². The molecule has 1 aromatic carbocycles. The molecule has 1 aliphatic heterocycles. The summed E-state index contributed by atoms with van der Waals surface area (Å²) in [7, 11) is 0. The fourth-order valence-corrected chi connectivity index (χ4v) is 3.53. The van der Waals surface area contributed by atoms with Gasteiger partial charge in [-0.2, -0.15) is 0 Å². The van der Waals surface area contributed by atoms with Crippen LogP contribution in [-0.2, 0) is 9.59 Å². The summed E-state index contributed by atoms with van der Waals surface area (Å²) in [5.41, 5.74) is 0.0533. The number of ketones is 1. The van der Waals surface area contributed by atoms with E-state index in [4.69, 9.17) is 0 Å². The summed E-state index contributed by atoms with van der Waals surface area (Å²) in [6.07, 6.45) is 3.47. The molecule has 4 amide bonds. The Bertz CT molecular complexity index is 748. The number of rotatable bonds is 4. The largest absolute Gasteiger partial charge is 0.334 e. The summed E-state index contributed by atoms with van der Waals surface area (Å²) in [5, 5.41) is 0. The van der Waals surface area contributed by atoms with Gasteiger partial charge in [0.25, 0.3) is 0 Å². The molecule has 132 valence electrons. The zero-order chi connectivity index (χ0) is 18.1. The molecule has 25 heavy (non-hydrogen) atoms. The molecule has 3 rings (SSSR count). The summed E-state index contributed by atoms with van der Waals surface area (Å²) < 4.78 is 13.2. The van der Waals surface area contributed by atoms with Crippen molar-refractivity contribution in [1.82, 2.24) is 9.80 Å². The molecule has 1 heterocycles. The quantitative estimate of drug-likeness (QED) is 0.477. The monoisotopic (exact) mass is 346 g/mol. The van der Waals surface area contributed by atoms with E-state index >= 15 is 0 Å². The highest BCUT2D eigenvalue weighted by Gasteiger charge is 2.49. The lowest BCUT2D eigenvalue weighted by atomic mass is 9.85. The van der Waals surface area contributed by atoms with Crippen molar-refractivity contribution in [1.29, 1.82) is 0 Å². The van der Waals surface area contributed by atoms with Gasteiger partial charge in [-0.15, -0.1) is 0 Å². The Morgan fingerprint density at radius 2 is 1.88 bits per heavy atom. The molecule has 2 aliphatic rings. The molecule has 1 saturated heterocycles. The van der Waals surface area contributed by atoms with Crippen LogP contribution in [0.15, 0.2) is 24.3 Å². The van der Waals surface area contributed by atoms with E-state index in [0.717, 1.165) is 30.2 Å². The summed E-state index contributed by atoms with van der Waals surface area (Å²) in [4.78, 5) is 51.0. The summed E-state index contributed by atoms with van der Waals surface area (Å²) in [5.74, 6) is -2.93. The Morgan fingerprint density at radius 1 is 1.16 bits per heavy atom. The van der Waals surface area contributed by atoms with E-state index in [1.807, 2.05) is 6.92 Å². The number of urea groups is 1. The first-order valence-electron chi connectivity index (χ1n) is 8.38. The third-order valence-corrected chi connectivity index (χ3v) is 4.93. The Morgan fingerprint density at radius 3 is 2.56 bits per heavy atom. The summed E-state index contributed by atoms with van der Waals surface area (Å²) >= 11 is 0. The van der Waals surface area contributed by atoms with Gasteiger partial charge in [-0.3, -0.25) is 19.3 Å². The highest BCUT2D eigenvalue weighted by atomic mass is 19.1. The van der Waals surface area contributed by atoms with Gasteiger partial charge in [0, 0.05) is 11.6 Å². The van der Waals surface area contributed by atoms with Gasteiger partial charge >= 0.3 is 17.8 Å². The zero-order valence-corrected chi connectivity index (χ0v) is 13.9. The second-order valence-corrected chi connectivity index (χ2v) is 6.61. The van der Waals surface area contributed by atoms with Gasteiger partial charge in [-0.25, -0.2) is 14.1 Å². The number of hydrogen-bond donors (Lipinski definition) is 0. The standard InChI is InChI=1S/C18H19FN2O4/c1-11-5-2-3-8-14(11)21-17(24)16(23)20(18(21)25)10-15(22)12-6-4-7-13(19)9-12/h4,6-7,9,11,14H,2-3,5,8,10H2,1H3/t11-,14-/m0/s1. The van der Waals surface area contributed by atoms with Gasteiger partial charge < -0.3 is 0 Å². The van der Waals surface area contributed by atoms with Gasteiger partial charge in [-0.05, 0) is 30.9 Å². The third kappa shape index (κ3) is 3.18. The summed E-state index contributed by atoms with van der Waals surface area (Å²) in [6, 6.07) is 3.94. The number of amides is 4. The normalized spacial score (nSPS) is 24.2. The van der Waals surface area contributed by atoms with Crippen LogP contribution >= 0.6 is 0 Å². The van der Waals surface area contributed by atoms with Crippen molar-refractivity contribution in [2.75, 3.05) is 6.54 Å². The van der Waals surface area contributed by atoms with E-state index in [2.05, 4.69) is 0 Å². The lowest BCUT2D eigenvalue weighted by Gasteiger charge is -2.34. The van der Waals surface area contributed by atoms with Gasteiger partial charge in [0.05, 0.1) is 6.54 Å². The lowest BCUT2D eigenvalue weighted by molar-refractivity contribution is -0.144. The average Bonchev–Trinajstić information content (AvgIpc) is 2.79. The molecular formula is C18H19FN2O4. The SMILES string of the molecule is C[C@H]1CCCC[C@@H]1N1C(=O)C(=O)N(CC(=O)c2cccc(F)c2)C1=O. The van der Waals surface area contributed by atoms with Crippen molar-refractivity contribution in [3.8, 4) is 0 Å². The van der Waals surface area contributed by atoms with Crippen LogP contribution in [0.4, 0.5) is 9.18 Å². The van der Waals surface area contributed by atoms with Crippen LogP contribution in [-0.4, -0.2) is 46.0 Å². The van der Waals surface area contributed by atoms with Crippen molar-refractivity contribution in [3.05, 3.63) is 35.6 Å². The van der Waals surface area contributed by atoms with Crippen LogP contribution in [0.1, 0.15) is 43.0 Å². The van der Waals surface area contributed by atoms with Crippen LogP contribution in [0.25, 0.3) is 0 Å². The first kappa shape index (κ1) is 17.3. The fraction of sp³-hybridized carbons (Fsp3) is 0.444. The zero-order valence-electron chi connectivity index (χ0n) is 13.9.